The van der Waals surface area contributed by atoms with Crippen molar-refractivity contribution in [2.75, 3.05) is 44.8 Å². The van der Waals surface area contributed by atoms with Crippen LogP contribution in [0.15, 0.2) is 18.6 Å². The minimum atomic E-state index is 0.479. The lowest BCUT2D eigenvalue weighted by atomic mass is 10.2. The monoisotopic (exact) mass is 275 g/mol. The molecule has 6 nitrogen and oxygen atoms in total. The summed E-state index contributed by atoms with van der Waals surface area (Å²) in [5, 5.41) is 1.07. The number of ether oxygens (including phenoxy) is 1. The standard InChI is InChI=1S/C14H21N5O/c1-11(19-5-7-20-8-6-19)9-18(2)14-12-3-4-15-13(12)16-10-17-14/h3-4,10-11H,5-9H2,1-2H3,(H,15,16,17). The number of aromatic amines is 1. The maximum atomic E-state index is 5.41. The molecule has 1 aliphatic rings. The third kappa shape index (κ3) is 2.62. The van der Waals surface area contributed by atoms with Gasteiger partial charge in [-0.25, -0.2) is 9.97 Å². The van der Waals surface area contributed by atoms with Gasteiger partial charge >= 0.3 is 0 Å². The molecule has 20 heavy (non-hydrogen) atoms. The van der Waals surface area contributed by atoms with E-state index < -0.39 is 0 Å². The first-order valence-electron chi connectivity index (χ1n) is 7.06. The predicted molar refractivity (Wildman–Crippen MR) is 79.0 cm³/mol. The molecule has 3 rings (SSSR count). The number of hydrogen-bond donors (Lipinski definition) is 1. The van der Waals surface area contributed by atoms with Gasteiger partial charge in [0.1, 0.15) is 17.8 Å². The maximum absolute atomic E-state index is 5.41. The quantitative estimate of drug-likeness (QED) is 0.906. The van der Waals surface area contributed by atoms with Gasteiger partial charge < -0.3 is 14.6 Å². The van der Waals surface area contributed by atoms with Crippen LogP contribution in [-0.4, -0.2) is 65.8 Å². The van der Waals surface area contributed by atoms with E-state index in [1.165, 1.54) is 0 Å². The first kappa shape index (κ1) is 13.3. The van der Waals surface area contributed by atoms with Gasteiger partial charge in [0.2, 0.25) is 0 Å². The molecule has 1 atom stereocenters. The first-order chi connectivity index (χ1) is 9.75. The van der Waals surface area contributed by atoms with E-state index in [0.717, 1.165) is 49.7 Å². The number of aromatic nitrogens is 3. The Bertz CT molecular complexity index is 563. The first-order valence-corrected chi connectivity index (χ1v) is 7.06. The van der Waals surface area contributed by atoms with Crippen LogP contribution in [0.25, 0.3) is 11.0 Å². The van der Waals surface area contributed by atoms with Crippen molar-refractivity contribution in [3.8, 4) is 0 Å². The van der Waals surface area contributed by atoms with Crippen molar-refractivity contribution in [1.82, 2.24) is 19.9 Å². The molecule has 0 amide bonds. The summed E-state index contributed by atoms with van der Waals surface area (Å²) < 4.78 is 5.41. The van der Waals surface area contributed by atoms with Gasteiger partial charge in [-0.15, -0.1) is 0 Å². The van der Waals surface area contributed by atoms with Gasteiger partial charge in [0.05, 0.1) is 18.6 Å². The Balaban J connectivity index is 1.72. The van der Waals surface area contributed by atoms with Crippen molar-refractivity contribution in [3.63, 3.8) is 0 Å². The van der Waals surface area contributed by atoms with Gasteiger partial charge in [0.15, 0.2) is 0 Å². The second kappa shape index (κ2) is 5.76. The fraction of sp³-hybridized carbons (Fsp3) is 0.571. The number of hydrogen-bond acceptors (Lipinski definition) is 5. The molecule has 0 radical (unpaired) electrons. The van der Waals surface area contributed by atoms with E-state index in [1.54, 1.807) is 6.33 Å². The van der Waals surface area contributed by atoms with E-state index in [-0.39, 0.29) is 0 Å². The largest absolute Gasteiger partial charge is 0.379 e. The molecular formula is C14H21N5O. The molecular weight excluding hydrogens is 254 g/mol. The lowest BCUT2D eigenvalue weighted by Crippen LogP contribution is -2.46. The highest BCUT2D eigenvalue weighted by atomic mass is 16.5. The van der Waals surface area contributed by atoms with Crippen LogP contribution in [0.4, 0.5) is 5.82 Å². The van der Waals surface area contributed by atoms with Crippen LogP contribution in [0.1, 0.15) is 6.92 Å². The average Bonchev–Trinajstić information content (AvgIpc) is 2.96. The van der Waals surface area contributed by atoms with E-state index in [0.29, 0.717) is 6.04 Å². The summed E-state index contributed by atoms with van der Waals surface area (Å²) in [7, 11) is 2.09. The number of anilines is 1. The fourth-order valence-electron chi connectivity index (χ4n) is 2.78. The number of nitrogens with zero attached hydrogens (tertiary/aromatic N) is 4. The Labute approximate surface area is 118 Å². The summed E-state index contributed by atoms with van der Waals surface area (Å²) in [6, 6.07) is 2.51. The summed E-state index contributed by atoms with van der Waals surface area (Å²) >= 11 is 0. The van der Waals surface area contributed by atoms with Gasteiger partial charge in [-0.1, -0.05) is 0 Å². The molecule has 1 saturated heterocycles. The number of nitrogens with one attached hydrogen (secondary N) is 1. The molecule has 1 unspecified atom stereocenters. The molecule has 0 saturated carbocycles. The number of morpholine rings is 1. The molecule has 3 heterocycles. The molecule has 0 aromatic carbocycles. The maximum Gasteiger partial charge on any atom is 0.142 e. The average molecular weight is 275 g/mol. The van der Waals surface area contributed by atoms with Crippen molar-refractivity contribution < 1.29 is 4.74 Å². The zero-order valence-electron chi connectivity index (χ0n) is 12.0. The summed E-state index contributed by atoms with van der Waals surface area (Å²) in [5.74, 6) is 0.983. The van der Waals surface area contributed by atoms with Crippen molar-refractivity contribution >= 4 is 16.9 Å². The van der Waals surface area contributed by atoms with Crippen LogP contribution < -0.4 is 4.90 Å². The Hall–Kier alpha value is -1.66. The second-order valence-electron chi connectivity index (χ2n) is 5.32. The number of fused-ring (bicyclic) bond motifs is 1. The van der Waals surface area contributed by atoms with Crippen molar-refractivity contribution in [2.45, 2.75) is 13.0 Å². The van der Waals surface area contributed by atoms with E-state index in [2.05, 4.69) is 38.7 Å². The normalized spacial score (nSPS) is 18.3. The Morgan fingerprint density at radius 3 is 3.00 bits per heavy atom. The van der Waals surface area contributed by atoms with Gasteiger partial charge in [-0.2, -0.15) is 0 Å². The molecule has 2 aromatic heterocycles. The molecule has 1 N–H and O–H groups in total. The van der Waals surface area contributed by atoms with E-state index in [4.69, 9.17) is 4.74 Å². The van der Waals surface area contributed by atoms with Crippen molar-refractivity contribution in [2.24, 2.45) is 0 Å². The van der Waals surface area contributed by atoms with Crippen LogP contribution in [0.5, 0.6) is 0 Å². The molecule has 1 aliphatic heterocycles. The predicted octanol–water partition coefficient (Wildman–Crippen LogP) is 1.11. The molecule has 108 valence electrons. The van der Waals surface area contributed by atoms with Crippen molar-refractivity contribution in [3.05, 3.63) is 18.6 Å². The number of rotatable bonds is 4. The van der Waals surface area contributed by atoms with Gasteiger partial charge in [-0.05, 0) is 13.0 Å². The molecule has 0 spiro atoms. The minimum absolute atomic E-state index is 0.479. The van der Waals surface area contributed by atoms with E-state index in [9.17, 15) is 0 Å². The van der Waals surface area contributed by atoms with E-state index in [1.807, 2.05) is 12.3 Å². The summed E-state index contributed by atoms with van der Waals surface area (Å²) in [6.07, 6.45) is 3.52. The molecule has 2 aromatic rings. The van der Waals surface area contributed by atoms with Gasteiger partial charge in [-0.3, -0.25) is 4.90 Å². The summed E-state index contributed by atoms with van der Waals surface area (Å²) in [6.45, 7) is 6.90. The lowest BCUT2D eigenvalue weighted by molar-refractivity contribution is 0.0218. The van der Waals surface area contributed by atoms with Crippen LogP contribution >= 0.6 is 0 Å². The Kier molecular flexibility index (Phi) is 3.84. The highest BCUT2D eigenvalue weighted by molar-refractivity contribution is 5.87. The molecule has 6 heteroatoms. The Morgan fingerprint density at radius 1 is 1.40 bits per heavy atom. The van der Waals surface area contributed by atoms with Gasteiger partial charge in [0, 0.05) is 38.9 Å². The highest BCUT2D eigenvalue weighted by Gasteiger charge is 2.19. The second-order valence-corrected chi connectivity index (χ2v) is 5.32. The molecule has 0 bridgehead atoms. The molecule has 1 fully saturated rings. The van der Waals surface area contributed by atoms with Crippen LogP contribution in [0.2, 0.25) is 0 Å². The van der Waals surface area contributed by atoms with Crippen LogP contribution in [0.3, 0.4) is 0 Å². The zero-order valence-corrected chi connectivity index (χ0v) is 12.0. The van der Waals surface area contributed by atoms with Gasteiger partial charge in [0.25, 0.3) is 0 Å². The van der Waals surface area contributed by atoms with Crippen molar-refractivity contribution in [1.29, 1.82) is 0 Å². The third-order valence-corrected chi connectivity index (χ3v) is 3.90. The van der Waals surface area contributed by atoms with E-state index >= 15 is 0 Å². The van der Waals surface area contributed by atoms with Crippen LogP contribution in [0, 0.1) is 0 Å². The Morgan fingerprint density at radius 2 is 2.20 bits per heavy atom. The zero-order chi connectivity index (χ0) is 13.9. The summed E-state index contributed by atoms with van der Waals surface area (Å²) in [5.41, 5.74) is 0.890. The smallest absolute Gasteiger partial charge is 0.142 e. The lowest BCUT2D eigenvalue weighted by Gasteiger charge is -2.34. The fourth-order valence-corrected chi connectivity index (χ4v) is 2.78. The minimum Gasteiger partial charge on any atom is -0.379 e. The molecule has 0 aliphatic carbocycles. The topological polar surface area (TPSA) is 57.3 Å². The summed E-state index contributed by atoms with van der Waals surface area (Å²) in [4.78, 5) is 16.5. The third-order valence-electron chi connectivity index (χ3n) is 3.90. The number of likely N-dealkylation sites (N-methyl/N-ethyl adjacent to an activating group) is 1. The highest BCUT2D eigenvalue weighted by Crippen LogP contribution is 2.21. The SMILES string of the molecule is CC(CN(C)c1ncnc2[nH]ccc12)N1CCOCC1. The number of H-pyrrole nitrogens is 1. The van der Waals surface area contributed by atoms with Crippen LogP contribution in [-0.2, 0) is 4.74 Å².